The molecule has 2 unspecified atom stereocenters. The van der Waals surface area contributed by atoms with Crippen LogP contribution in [-0.4, -0.2) is 54.9 Å². The van der Waals surface area contributed by atoms with Gasteiger partial charge in [0.05, 0.1) is 26.4 Å². The number of nitrogens with zero attached hydrogens (tertiary/aromatic N) is 1. The van der Waals surface area contributed by atoms with Gasteiger partial charge in [-0.2, -0.15) is 0 Å². The number of nitrogens with one attached hydrogen (secondary N) is 1. The maximum absolute atomic E-state index is 9.26. The van der Waals surface area contributed by atoms with Crippen molar-refractivity contribution in [3.8, 4) is 5.75 Å². The van der Waals surface area contributed by atoms with Crippen LogP contribution in [0.15, 0.2) is 18.2 Å². The molecule has 2 rings (SSSR count). The molecule has 0 spiro atoms. The van der Waals surface area contributed by atoms with E-state index >= 15 is 0 Å². The molecule has 21 heavy (non-hydrogen) atoms. The van der Waals surface area contributed by atoms with E-state index in [0.29, 0.717) is 25.3 Å². The van der Waals surface area contributed by atoms with Crippen molar-refractivity contribution in [1.29, 1.82) is 5.41 Å². The lowest BCUT2D eigenvalue weighted by Gasteiger charge is -2.37. The van der Waals surface area contributed by atoms with Crippen molar-refractivity contribution < 1.29 is 14.6 Å². The van der Waals surface area contributed by atoms with Crippen molar-refractivity contribution in [1.82, 2.24) is 4.90 Å². The zero-order chi connectivity index (χ0) is 15.4. The average Bonchev–Trinajstić information content (AvgIpc) is 2.49. The van der Waals surface area contributed by atoms with E-state index in [0.717, 1.165) is 11.3 Å². The molecule has 1 aliphatic heterocycles. The van der Waals surface area contributed by atoms with E-state index in [9.17, 15) is 5.11 Å². The molecule has 4 N–H and O–H groups in total. The highest BCUT2D eigenvalue weighted by molar-refractivity contribution is 5.95. The highest BCUT2D eigenvalue weighted by Gasteiger charge is 2.26. The van der Waals surface area contributed by atoms with Gasteiger partial charge in [0.2, 0.25) is 0 Å². The molecule has 0 aliphatic carbocycles. The SMILES string of the molecule is COc1ccc(C(=N)N)cc1CN1CC(CO)OCC1C. The van der Waals surface area contributed by atoms with Crippen LogP contribution < -0.4 is 10.5 Å². The topological polar surface area (TPSA) is 91.8 Å². The molecule has 116 valence electrons. The zero-order valence-electron chi connectivity index (χ0n) is 12.5. The van der Waals surface area contributed by atoms with Gasteiger partial charge in [0.1, 0.15) is 11.6 Å². The number of methoxy groups -OCH3 is 1. The minimum Gasteiger partial charge on any atom is -0.496 e. The van der Waals surface area contributed by atoms with Gasteiger partial charge in [-0.05, 0) is 25.1 Å². The van der Waals surface area contributed by atoms with Crippen LogP contribution in [-0.2, 0) is 11.3 Å². The molecule has 1 aromatic carbocycles. The molecule has 0 saturated carbocycles. The highest BCUT2D eigenvalue weighted by atomic mass is 16.5. The van der Waals surface area contributed by atoms with Gasteiger partial charge in [-0.15, -0.1) is 0 Å². The Kier molecular flexibility index (Phi) is 5.17. The van der Waals surface area contributed by atoms with Gasteiger partial charge >= 0.3 is 0 Å². The minimum absolute atomic E-state index is 0.0217. The number of aliphatic hydroxyl groups is 1. The highest BCUT2D eigenvalue weighted by Crippen LogP contribution is 2.24. The molecule has 0 bridgehead atoms. The number of benzene rings is 1. The molecule has 0 aromatic heterocycles. The number of nitrogens with two attached hydrogens (primary N) is 1. The summed E-state index contributed by atoms with van der Waals surface area (Å²) in [5.41, 5.74) is 7.22. The first-order chi connectivity index (χ1) is 10.0. The van der Waals surface area contributed by atoms with Crippen molar-refractivity contribution in [2.45, 2.75) is 25.6 Å². The number of morpholine rings is 1. The van der Waals surface area contributed by atoms with E-state index in [2.05, 4.69) is 11.8 Å². The molecule has 6 nitrogen and oxygen atoms in total. The summed E-state index contributed by atoms with van der Waals surface area (Å²) in [6.07, 6.45) is -0.150. The number of hydrogen-bond donors (Lipinski definition) is 3. The maximum Gasteiger partial charge on any atom is 0.123 e. The van der Waals surface area contributed by atoms with Gasteiger partial charge < -0.3 is 20.3 Å². The van der Waals surface area contributed by atoms with Crippen LogP contribution in [0, 0.1) is 5.41 Å². The van der Waals surface area contributed by atoms with Gasteiger partial charge in [-0.25, -0.2) is 0 Å². The molecule has 1 heterocycles. The number of amidine groups is 1. The summed E-state index contributed by atoms with van der Waals surface area (Å²) in [6, 6.07) is 5.76. The molecule has 1 aliphatic rings. The van der Waals surface area contributed by atoms with E-state index < -0.39 is 0 Å². The summed E-state index contributed by atoms with van der Waals surface area (Å²) < 4.78 is 10.9. The Labute approximate surface area is 125 Å². The Morgan fingerprint density at radius 1 is 1.57 bits per heavy atom. The number of rotatable bonds is 5. The largest absolute Gasteiger partial charge is 0.496 e. The average molecular weight is 293 g/mol. The third-order valence-electron chi connectivity index (χ3n) is 3.80. The lowest BCUT2D eigenvalue weighted by molar-refractivity contribution is -0.0806. The molecule has 1 saturated heterocycles. The predicted octanol–water partition coefficient (Wildman–Crippen LogP) is 0.561. The first-order valence-electron chi connectivity index (χ1n) is 7.03. The Balaban J connectivity index is 2.20. The summed E-state index contributed by atoms with van der Waals surface area (Å²) in [5, 5.41) is 16.8. The van der Waals surface area contributed by atoms with Crippen LogP contribution in [0.5, 0.6) is 5.75 Å². The lowest BCUT2D eigenvalue weighted by atomic mass is 10.1. The van der Waals surface area contributed by atoms with Crippen LogP contribution in [0.2, 0.25) is 0 Å². The number of ether oxygens (including phenoxy) is 2. The Morgan fingerprint density at radius 2 is 2.33 bits per heavy atom. The monoisotopic (exact) mass is 293 g/mol. The van der Waals surface area contributed by atoms with E-state index in [-0.39, 0.29) is 24.6 Å². The van der Waals surface area contributed by atoms with Gasteiger partial charge in [0, 0.05) is 30.3 Å². The quantitative estimate of drug-likeness (QED) is 0.545. The maximum atomic E-state index is 9.26. The van der Waals surface area contributed by atoms with Gasteiger partial charge in [0.25, 0.3) is 0 Å². The fourth-order valence-corrected chi connectivity index (χ4v) is 2.49. The van der Waals surface area contributed by atoms with Crippen molar-refractivity contribution in [3.63, 3.8) is 0 Å². The smallest absolute Gasteiger partial charge is 0.123 e. The Morgan fingerprint density at radius 3 is 2.95 bits per heavy atom. The standard InChI is InChI=1S/C15H23N3O3/c1-10-9-21-13(8-19)7-18(10)6-12-5-11(15(16)17)3-4-14(12)20-2/h3-5,10,13,19H,6-9H2,1-2H3,(H3,16,17). The second kappa shape index (κ2) is 6.89. The third kappa shape index (κ3) is 3.72. The number of nitrogen functional groups attached to an aromatic ring is 1. The summed E-state index contributed by atoms with van der Waals surface area (Å²) in [7, 11) is 1.63. The molecule has 0 radical (unpaired) electrons. The van der Waals surface area contributed by atoms with Crippen molar-refractivity contribution >= 4 is 5.84 Å². The molecule has 0 amide bonds. The van der Waals surface area contributed by atoms with E-state index in [1.54, 1.807) is 13.2 Å². The number of aliphatic hydroxyl groups excluding tert-OH is 1. The van der Waals surface area contributed by atoms with Crippen molar-refractivity contribution in [2.24, 2.45) is 5.73 Å². The van der Waals surface area contributed by atoms with E-state index in [1.165, 1.54) is 0 Å². The van der Waals surface area contributed by atoms with Crippen LogP contribution >= 0.6 is 0 Å². The molecule has 6 heteroatoms. The van der Waals surface area contributed by atoms with Crippen molar-refractivity contribution in [2.75, 3.05) is 26.9 Å². The summed E-state index contributed by atoms with van der Waals surface area (Å²) in [4.78, 5) is 2.24. The predicted molar refractivity (Wildman–Crippen MR) is 80.7 cm³/mol. The zero-order valence-corrected chi connectivity index (χ0v) is 12.5. The second-order valence-corrected chi connectivity index (χ2v) is 5.36. The van der Waals surface area contributed by atoms with Crippen LogP contribution in [0.4, 0.5) is 0 Å². The summed E-state index contributed by atoms with van der Waals surface area (Å²) >= 11 is 0. The molecule has 1 aromatic rings. The van der Waals surface area contributed by atoms with Crippen LogP contribution in [0.1, 0.15) is 18.1 Å². The molecule has 2 atom stereocenters. The normalized spacial score (nSPS) is 23.0. The first-order valence-corrected chi connectivity index (χ1v) is 7.03. The third-order valence-corrected chi connectivity index (χ3v) is 3.80. The van der Waals surface area contributed by atoms with Gasteiger partial charge in [-0.3, -0.25) is 10.3 Å². The summed E-state index contributed by atoms with van der Waals surface area (Å²) in [5.74, 6) is 0.821. The summed E-state index contributed by atoms with van der Waals surface area (Å²) in [6.45, 7) is 4.05. The Bertz CT molecular complexity index is 507. The fourth-order valence-electron chi connectivity index (χ4n) is 2.49. The molecular weight excluding hydrogens is 270 g/mol. The second-order valence-electron chi connectivity index (χ2n) is 5.36. The fraction of sp³-hybridized carbons (Fsp3) is 0.533. The van der Waals surface area contributed by atoms with Crippen molar-refractivity contribution in [3.05, 3.63) is 29.3 Å². The Hall–Kier alpha value is -1.63. The van der Waals surface area contributed by atoms with Crippen LogP contribution in [0.3, 0.4) is 0 Å². The first kappa shape index (κ1) is 15.8. The molecule has 1 fully saturated rings. The van der Waals surface area contributed by atoms with E-state index in [1.807, 2.05) is 12.1 Å². The lowest BCUT2D eigenvalue weighted by Crippen LogP contribution is -2.48. The minimum atomic E-state index is -0.150. The van der Waals surface area contributed by atoms with Gasteiger partial charge in [-0.1, -0.05) is 0 Å². The molecular formula is C15H23N3O3. The van der Waals surface area contributed by atoms with Gasteiger partial charge in [0.15, 0.2) is 0 Å². The van der Waals surface area contributed by atoms with E-state index in [4.69, 9.17) is 20.6 Å². The van der Waals surface area contributed by atoms with Crippen LogP contribution in [0.25, 0.3) is 0 Å². The number of hydrogen-bond acceptors (Lipinski definition) is 5.